The van der Waals surface area contributed by atoms with E-state index in [0.29, 0.717) is 17.5 Å². The van der Waals surface area contributed by atoms with Crippen LogP contribution in [0.3, 0.4) is 0 Å². The Kier molecular flexibility index (Phi) is 13.8. The molecule has 2 aromatic rings. The smallest absolute Gasteiger partial charge is 0.342 e. The number of hydrogen-bond acceptors (Lipinski definition) is 12. The molecule has 51 heavy (non-hydrogen) atoms. The Hall–Kier alpha value is -4.72. The topological polar surface area (TPSA) is 154 Å². The first-order chi connectivity index (χ1) is 24.3. The summed E-state index contributed by atoms with van der Waals surface area (Å²) in [5, 5.41) is 2.62. The number of cyclic esters (lactones) is 1. The third-order valence-corrected chi connectivity index (χ3v) is 8.09. The zero-order valence-electron chi connectivity index (χ0n) is 30.0. The second-order valence-electron chi connectivity index (χ2n) is 12.8. The van der Waals surface area contributed by atoms with Gasteiger partial charge in [-0.05, 0) is 57.0 Å². The van der Waals surface area contributed by atoms with Gasteiger partial charge in [-0.15, -0.1) is 0 Å². The van der Waals surface area contributed by atoms with Gasteiger partial charge in [-0.2, -0.15) is 0 Å². The molecule has 0 spiro atoms. The number of ether oxygens (including phenoxy) is 8. The van der Waals surface area contributed by atoms with Gasteiger partial charge in [0.2, 0.25) is 5.91 Å². The maximum atomic E-state index is 13.8. The van der Waals surface area contributed by atoms with Crippen molar-refractivity contribution < 1.29 is 57.1 Å². The van der Waals surface area contributed by atoms with Crippen molar-refractivity contribution in [2.75, 3.05) is 27.1 Å². The summed E-state index contributed by atoms with van der Waals surface area (Å²) in [6.07, 6.45) is 4.00. The Morgan fingerprint density at radius 3 is 2.45 bits per heavy atom. The van der Waals surface area contributed by atoms with Crippen LogP contribution in [0.25, 0.3) is 6.08 Å². The average molecular weight is 710 g/mol. The van der Waals surface area contributed by atoms with E-state index in [1.54, 1.807) is 63.3 Å². The monoisotopic (exact) mass is 709 g/mol. The van der Waals surface area contributed by atoms with Crippen LogP contribution in [-0.2, 0) is 38.0 Å². The van der Waals surface area contributed by atoms with Crippen LogP contribution < -0.4 is 14.8 Å². The number of hydrogen-bond donors (Lipinski definition) is 1. The Balaban J connectivity index is 1.72. The molecule has 6 atom stereocenters. The van der Waals surface area contributed by atoms with E-state index in [2.05, 4.69) is 5.32 Å². The van der Waals surface area contributed by atoms with E-state index in [-0.39, 0.29) is 48.8 Å². The van der Waals surface area contributed by atoms with Crippen molar-refractivity contribution in [3.05, 3.63) is 77.4 Å². The van der Waals surface area contributed by atoms with E-state index in [1.807, 2.05) is 25.1 Å². The third kappa shape index (κ3) is 11.4. The van der Waals surface area contributed by atoms with Crippen LogP contribution in [-0.4, -0.2) is 87.2 Å². The molecule has 1 amide bonds. The Morgan fingerprint density at radius 1 is 1.02 bits per heavy atom. The van der Waals surface area contributed by atoms with Crippen molar-refractivity contribution in [1.82, 2.24) is 5.32 Å². The molecule has 0 radical (unpaired) electrons. The number of amides is 1. The molecule has 0 aliphatic carbocycles. The van der Waals surface area contributed by atoms with Crippen molar-refractivity contribution >= 4 is 29.9 Å². The Labute approximate surface area is 298 Å². The molecule has 2 heterocycles. The van der Waals surface area contributed by atoms with Gasteiger partial charge in [0, 0.05) is 32.9 Å². The van der Waals surface area contributed by atoms with E-state index in [1.165, 1.54) is 27.0 Å². The molecule has 13 nitrogen and oxygen atoms in total. The summed E-state index contributed by atoms with van der Waals surface area (Å²) in [7, 11) is 1.45. The van der Waals surface area contributed by atoms with Crippen molar-refractivity contribution in [1.29, 1.82) is 0 Å². The lowest BCUT2D eigenvalue weighted by Crippen LogP contribution is -2.37. The molecular formula is C38H47NO12. The second-order valence-corrected chi connectivity index (χ2v) is 12.8. The zero-order chi connectivity index (χ0) is 37.1. The molecule has 5 unspecified atom stereocenters. The van der Waals surface area contributed by atoms with Crippen LogP contribution in [0.1, 0.15) is 74.2 Å². The maximum absolute atomic E-state index is 13.8. The fourth-order valence-corrected chi connectivity index (χ4v) is 5.51. The molecule has 13 heteroatoms. The normalized spacial score (nSPS) is 24.1. The molecule has 2 aliphatic rings. The molecule has 1 fully saturated rings. The van der Waals surface area contributed by atoms with Gasteiger partial charge in [0.1, 0.15) is 42.0 Å². The zero-order valence-corrected chi connectivity index (χ0v) is 30.0. The summed E-state index contributed by atoms with van der Waals surface area (Å²) < 4.78 is 46.9. The minimum atomic E-state index is -0.976. The van der Waals surface area contributed by atoms with Gasteiger partial charge in [0.05, 0.1) is 18.2 Å². The lowest BCUT2D eigenvalue weighted by Gasteiger charge is -2.26. The minimum absolute atomic E-state index is 0.0340. The molecule has 1 saturated heterocycles. The van der Waals surface area contributed by atoms with Gasteiger partial charge in [-0.25, -0.2) is 9.59 Å². The van der Waals surface area contributed by atoms with Crippen LogP contribution in [0.4, 0.5) is 0 Å². The molecule has 4 rings (SSSR count). The van der Waals surface area contributed by atoms with Gasteiger partial charge in [0.15, 0.2) is 18.7 Å². The summed E-state index contributed by atoms with van der Waals surface area (Å²) >= 11 is 0. The summed E-state index contributed by atoms with van der Waals surface area (Å²) in [6.45, 7) is 9.60. The van der Waals surface area contributed by atoms with Crippen LogP contribution in [0.5, 0.6) is 11.5 Å². The fraction of sp³-hybridized carbons (Fsp3) is 0.474. The van der Waals surface area contributed by atoms with E-state index >= 15 is 0 Å². The SMILES string of the molecule is COCOc1cc(OCC(CNC(C)=O)OC(C)=O)cc2c1C(=O)OC(C)[C@H](C)/C=C\C(OC(=O)c1ccccc1)C1OC(C)(C)OC1CC=C2. The van der Waals surface area contributed by atoms with Crippen molar-refractivity contribution in [3.63, 3.8) is 0 Å². The van der Waals surface area contributed by atoms with Crippen LogP contribution in [0.15, 0.2) is 60.7 Å². The minimum Gasteiger partial charge on any atom is -0.489 e. The van der Waals surface area contributed by atoms with Crippen LogP contribution in [0.2, 0.25) is 0 Å². The first kappa shape index (κ1) is 39.1. The molecule has 0 bridgehead atoms. The number of rotatable bonds is 11. The molecule has 2 aromatic carbocycles. The molecule has 1 N–H and O–H groups in total. The standard InChI is InChI=1S/C38H47NO12/c1-23-16-17-31(49-36(42)27-12-9-8-10-13-27)35-32(50-38(5,6)51-35)15-11-14-28-18-29(45-21-30(48-26(4)41)20-39-25(3)40)19-33(46-22-44-7)34(28)37(43)47-24(23)2/h8-14,16-19,23-24,30-32,35H,15,20-22H2,1-7H3,(H,39,40)/b14-11?,17-16-/t23-,24?,30?,31?,32?,35?/m1/s1. The summed E-state index contributed by atoms with van der Waals surface area (Å²) in [5.74, 6) is -2.85. The van der Waals surface area contributed by atoms with Crippen LogP contribution in [0, 0.1) is 5.92 Å². The van der Waals surface area contributed by atoms with E-state index in [0.717, 1.165) is 0 Å². The van der Waals surface area contributed by atoms with Crippen molar-refractivity contribution in [2.24, 2.45) is 5.92 Å². The quantitative estimate of drug-likeness (QED) is 0.144. The molecule has 0 saturated carbocycles. The van der Waals surface area contributed by atoms with E-state index < -0.39 is 54.2 Å². The summed E-state index contributed by atoms with van der Waals surface area (Å²) in [4.78, 5) is 50.3. The van der Waals surface area contributed by atoms with Gasteiger partial charge < -0.3 is 43.2 Å². The van der Waals surface area contributed by atoms with Gasteiger partial charge in [-0.3, -0.25) is 9.59 Å². The average Bonchev–Trinajstić information content (AvgIpc) is 3.39. The first-order valence-corrected chi connectivity index (χ1v) is 16.8. The first-order valence-electron chi connectivity index (χ1n) is 16.8. The highest BCUT2D eigenvalue weighted by Gasteiger charge is 2.45. The molecule has 2 aliphatic heterocycles. The van der Waals surface area contributed by atoms with Gasteiger partial charge >= 0.3 is 17.9 Å². The van der Waals surface area contributed by atoms with Gasteiger partial charge in [-0.1, -0.05) is 43.4 Å². The highest BCUT2D eigenvalue weighted by Crippen LogP contribution is 2.36. The lowest BCUT2D eigenvalue weighted by atomic mass is 9.98. The highest BCUT2D eigenvalue weighted by atomic mass is 16.8. The predicted molar refractivity (Wildman–Crippen MR) is 185 cm³/mol. The lowest BCUT2D eigenvalue weighted by molar-refractivity contribution is -0.152. The number of fused-ring (bicyclic) bond motifs is 2. The largest absolute Gasteiger partial charge is 0.489 e. The summed E-state index contributed by atoms with van der Waals surface area (Å²) in [6, 6.07) is 11.8. The highest BCUT2D eigenvalue weighted by molar-refractivity contribution is 5.97. The van der Waals surface area contributed by atoms with E-state index in [4.69, 9.17) is 37.9 Å². The Morgan fingerprint density at radius 2 is 1.76 bits per heavy atom. The predicted octanol–water partition coefficient (Wildman–Crippen LogP) is 5.02. The number of carbonyl (C=O) groups is 4. The molecule has 276 valence electrons. The number of carbonyl (C=O) groups excluding carboxylic acids is 4. The Bertz CT molecular complexity index is 1590. The van der Waals surface area contributed by atoms with Crippen molar-refractivity contribution in [2.45, 2.75) is 84.3 Å². The number of esters is 3. The third-order valence-electron chi connectivity index (χ3n) is 8.09. The number of methoxy groups -OCH3 is 1. The molecule has 0 aromatic heterocycles. The van der Waals surface area contributed by atoms with Crippen molar-refractivity contribution in [3.8, 4) is 11.5 Å². The van der Waals surface area contributed by atoms with E-state index in [9.17, 15) is 19.2 Å². The second kappa shape index (κ2) is 18.0. The van der Waals surface area contributed by atoms with Crippen LogP contribution >= 0.6 is 0 Å². The number of benzene rings is 2. The number of nitrogens with one attached hydrogen (secondary N) is 1. The summed E-state index contributed by atoms with van der Waals surface area (Å²) in [5.41, 5.74) is 0.940. The maximum Gasteiger partial charge on any atom is 0.342 e. The fourth-order valence-electron chi connectivity index (χ4n) is 5.51. The molecular weight excluding hydrogens is 662 g/mol. The van der Waals surface area contributed by atoms with Gasteiger partial charge in [0.25, 0.3) is 0 Å².